The first-order valence-corrected chi connectivity index (χ1v) is 10.5. The van der Waals surface area contributed by atoms with Crippen LogP contribution in [0.15, 0.2) is 23.2 Å². The minimum atomic E-state index is -0.795. The minimum Gasteiger partial charge on any atom is -0.371 e. The maximum atomic E-state index is 13.5. The number of hydrogen-bond acceptors (Lipinski definition) is 3. The van der Waals surface area contributed by atoms with Crippen LogP contribution in [0.25, 0.3) is 0 Å². The highest BCUT2D eigenvalue weighted by atomic mass is 127. The molecule has 1 atom stereocenters. The molecule has 3 rings (SSSR count). The Labute approximate surface area is 190 Å². The van der Waals surface area contributed by atoms with Gasteiger partial charge in [-0.3, -0.25) is 4.99 Å². The Morgan fingerprint density at radius 1 is 1.14 bits per heavy atom. The van der Waals surface area contributed by atoms with E-state index in [9.17, 15) is 8.78 Å². The lowest BCUT2D eigenvalue weighted by Crippen LogP contribution is -2.49. The number of nitrogens with one attached hydrogen (secondary N) is 2. The van der Waals surface area contributed by atoms with Crippen LogP contribution in [0.5, 0.6) is 0 Å². The molecule has 8 heteroatoms. The van der Waals surface area contributed by atoms with Gasteiger partial charge in [0.1, 0.15) is 0 Å². The van der Waals surface area contributed by atoms with E-state index in [1.165, 1.54) is 25.1 Å². The Morgan fingerprint density at radius 3 is 2.55 bits per heavy atom. The largest absolute Gasteiger partial charge is 0.371 e. The molecule has 1 unspecified atom stereocenters. The molecule has 2 saturated heterocycles. The molecule has 2 heterocycles. The molecular formula is C21H34F2IN5. The monoisotopic (exact) mass is 521 g/mol. The minimum absolute atomic E-state index is 0. The molecule has 0 aromatic heterocycles. The number of guanidine groups is 1. The summed E-state index contributed by atoms with van der Waals surface area (Å²) in [4.78, 5) is 9.02. The van der Waals surface area contributed by atoms with Gasteiger partial charge in [0, 0.05) is 57.6 Å². The van der Waals surface area contributed by atoms with Crippen molar-refractivity contribution in [2.24, 2.45) is 10.9 Å². The second-order valence-electron chi connectivity index (χ2n) is 7.91. The molecular weight excluding hydrogens is 487 g/mol. The van der Waals surface area contributed by atoms with Gasteiger partial charge in [0.2, 0.25) is 0 Å². The Kier molecular flexibility index (Phi) is 9.88. The van der Waals surface area contributed by atoms with E-state index in [4.69, 9.17) is 0 Å². The summed E-state index contributed by atoms with van der Waals surface area (Å²) in [7, 11) is 1.81. The molecule has 2 N–H and O–H groups in total. The fourth-order valence-electron chi connectivity index (χ4n) is 4.16. The van der Waals surface area contributed by atoms with Crippen LogP contribution >= 0.6 is 24.0 Å². The van der Waals surface area contributed by atoms with Gasteiger partial charge in [-0.2, -0.15) is 0 Å². The first kappa shape index (κ1) is 24.1. The number of hydrogen-bond donors (Lipinski definition) is 2. The SMILES string of the molecule is CCCN1CCC(NC(=NC)NCC2CCN(c3ccc(F)c(F)c3)C2)CC1.I. The topological polar surface area (TPSA) is 42.9 Å². The van der Waals surface area contributed by atoms with E-state index in [-0.39, 0.29) is 24.0 Å². The third-order valence-electron chi connectivity index (χ3n) is 5.80. The fraction of sp³-hybridized carbons (Fsp3) is 0.667. The predicted molar refractivity (Wildman–Crippen MR) is 126 cm³/mol. The van der Waals surface area contributed by atoms with Crippen LogP contribution in [-0.2, 0) is 0 Å². The van der Waals surface area contributed by atoms with Gasteiger partial charge in [-0.15, -0.1) is 24.0 Å². The van der Waals surface area contributed by atoms with Crippen LogP contribution in [0, 0.1) is 17.6 Å². The van der Waals surface area contributed by atoms with Gasteiger partial charge >= 0.3 is 0 Å². The lowest BCUT2D eigenvalue weighted by Gasteiger charge is -2.33. The van der Waals surface area contributed by atoms with Crippen LogP contribution in [0.2, 0.25) is 0 Å². The molecule has 0 aliphatic carbocycles. The van der Waals surface area contributed by atoms with Crippen LogP contribution in [0.4, 0.5) is 14.5 Å². The fourth-order valence-corrected chi connectivity index (χ4v) is 4.16. The summed E-state index contributed by atoms with van der Waals surface area (Å²) in [6.45, 7) is 8.24. The molecule has 1 aromatic carbocycles. The van der Waals surface area contributed by atoms with E-state index in [2.05, 4.69) is 32.3 Å². The van der Waals surface area contributed by atoms with Gasteiger partial charge in [-0.25, -0.2) is 8.78 Å². The first-order valence-electron chi connectivity index (χ1n) is 10.5. The Balaban J connectivity index is 0.00000300. The number of likely N-dealkylation sites (tertiary alicyclic amines) is 1. The molecule has 2 aliphatic heterocycles. The third kappa shape index (κ3) is 6.94. The average Bonchev–Trinajstić information content (AvgIpc) is 3.18. The molecule has 0 radical (unpaired) electrons. The third-order valence-corrected chi connectivity index (χ3v) is 5.80. The van der Waals surface area contributed by atoms with E-state index >= 15 is 0 Å². The molecule has 0 saturated carbocycles. The van der Waals surface area contributed by atoms with E-state index in [0.717, 1.165) is 63.6 Å². The van der Waals surface area contributed by atoms with Gasteiger partial charge in [0.05, 0.1) is 0 Å². The number of rotatable bonds is 6. The molecule has 0 amide bonds. The Morgan fingerprint density at radius 2 is 1.90 bits per heavy atom. The molecule has 2 fully saturated rings. The Hall–Kier alpha value is -1.16. The van der Waals surface area contributed by atoms with Crippen molar-refractivity contribution in [3.63, 3.8) is 0 Å². The van der Waals surface area contributed by atoms with Crippen molar-refractivity contribution in [1.82, 2.24) is 15.5 Å². The molecule has 2 aliphatic rings. The molecule has 1 aromatic rings. The van der Waals surface area contributed by atoms with Crippen LogP contribution in [-0.4, -0.2) is 63.2 Å². The maximum absolute atomic E-state index is 13.5. The lowest BCUT2D eigenvalue weighted by atomic mass is 10.1. The first-order chi connectivity index (χ1) is 13.6. The maximum Gasteiger partial charge on any atom is 0.191 e. The molecule has 164 valence electrons. The Bertz CT molecular complexity index is 664. The number of piperidine rings is 1. The summed E-state index contributed by atoms with van der Waals surface area (Å²) in [5, 5.41) is 7.01. The quantitative estimate of drug-likeness (QED) is 0.342. The predicted octanol–water partition coefficient (Wildman–Crippen LogP) is 3.45. The highest BCUT2D eigenvalue weighted by Crippen LogP contribution is 2.25. The number of benzene rings is 1. The lowest BCUT2D eigenvalue weighted by molar-refractivity contribution is 0.206. The van der Waals surface area contributed by atoms with Crippen molar-refractivity contribution in [1.29, 1.82) is 0 Å². The highest BCUT2D eigenvalue weighted by molar-refractivity contribution is 14.0. The van der Waals surface area contributed by atoms with Gasteiger partial charge in [-0.1, -0.05) is 6.92 Å². The molecule has 0 spiro atoms. The number of nitrogens with zero attached hydrogens (tertiary/aromatic N) is 3. The van der Waals surface area contributed by atoms with E-state index < -0.39 is 11.6 Å². The van der Waals surface area contributed by atoms with Crippen molar-refractivity contribution in [2.75, 3.05) is 51.2 Å². The van der Waals surface area contributed by atoms with Crippen molar-refractivity contribution in [3.8, 4) is 0 Å². The standard InChI is InChI=1S/C21H33F2N5.HI/c1-3-9-27-10-7-17(8-11-27)26-21(24-2)25-14-16-6-12-28(15-16)18-4-5-19(22)20(23)13-18;/h4-5,13,16-17H,3,6-12,14-15H2,1-2H3,(H2,24,25,26);1H. The summed E-state index contributed by atoms with van der Waals surface area (Å²) in [6, 6.07) is 4.62. The highest BCUT2D eigenvalue weighted by Gasteiger charge is 2.24. The van der Waals surface area contributed by atoms with Crippen molar-refractivity contribution in [2.45, 2.75) is 38.6 Å². The zero-order chi connectivity index (χ0) is 19.9. The normalized spacial score (nSPS) is 21.2. The second-order valence-corrected chi connectivity index (χ2v) is 7.91. The van der Waals surface area contributed by atoms with Gasteiger partial charge in [0.25, 0.3) is 0 Å². The summed E-state index contributed by atoms with van der Waals surface area (Å²) < 4.78 is 26.6. The molecule has 29 heavy (non-hydrogen) atoms. The van der Waals surface area contributed by atoms with E-state index in [1.807, 2.05) is 7.05 Å². The van der Waals surface area contributed by atoms with Gasteiger partial charge in [0.15, 0.2) is 17.6 Å². The zero-order valence-electron chi connectivity index (χ0n) is 17.5. The van der Waals surface area contributed by atoms with Crippen molar-refractivity contribution >= 4 is 35.6 Å². The van der Waals surface area contributed by atoms with Crippen LogP contribution < -0.4 is 15.5 Å². The van der Waals surface area contributed by atoms with Crippen molar-refractivity contribution < 1.29 is 8.78 Å². The summed E-state index contributed by atoms with van der Waals surface area (Å²) >= 11 is 0. The van der Waals surface area contributed by atoms with Gasteiger partial charge in [-0.05, 0) is 50.3 Å². The van der Waals surface area contributed by atoms with E-state index in [0.29, 0.717) is 12.0 Å². The average molecular weight is 521 g/mol. The number of aliphatic imine (C=N–C) groups is 1. The molecule has 0 bridgehead atoms. The summed E-state index contributed by atoms with van der Waals surface area (Å²) in [5.74, 6) is -0.261. The van der Waals surface area contributed by atoms with E-state index in [1.54, 1.807) is 6.07 Å². The number of anilines is 1. The summed E-state index contributed by atoms with van der Waals surface area (Å²) in [5.41, 5.74) is 0.753. The molecule has 5 nitrogen and oxygen atoms in total. The second kappa shape index (κ2) is 11.9. The van der Waals surface area contributed by atoms with Gasteiger partial charge < -0.3 is 20.4 Å². The zero-order valence-corrected chi connectivity index (χ0v) is 19.8. The summed E-state index contributed by atoms with van der Waals surface area (Å²) in [6.07, 6.45) is 4.53. The van der Waals surface area contributed by atoms with Crippen molar-refractivity contribution in [3.05, 3.63) is 29.8 Å². The van der Waals surface area contributed by atoms with Crippen LogP contribution in [0.1, 0.15) is 32.6 Å². The number of halogens is 3. The smallest absolute Gasteiger partial charge is 0.191 e. The van der Waals surface area contributed by atoms with Crippen LogP contribution in [0.3, 0.4) is 0 Å².